The van der Waals surface area contributed by atoms with Crippen LogP contribution in [0.25, 0.3) is 0 Å². The summed E-state index contributed by atoms with van der Waals surface area (Å²) in [6.45, 7) is 2.16. The highest BCUT2D eigenvalue weighted by Gasteiger charge is 2.32. The summed E-state index contributed by atoms with van der Waals surface area (Å²) in [5.74, 6) is 1.81. The van der Waals surface area contributed by atoms with Crippen molar-refractivity contribution in [2.24, 2.45) is 0 Å². The van der Waals surface area contributed by atoms with Gasteiger partial charge in [-0.3, -0.25) is 0 Å². The van der Waals surface area contributed by atoms with E-state index in [9.17, 15) is 0 Å². The maximum atomic E-state index is 5.88. The number of nitrogens with zero attached hydrogens (tertiary/aromatic N) is 3. The molecule has 0 saturated carbocycles. The van der Waals surface area contributed by atoms with Crippen LogP contribution in [0.3, 0.4) is 0 Å². The van der Waals surface area contributed by atoms with Gasteiger partial charge in [0, 0.05) is 5.56 Å². The maximum absolute atomic E-state index is 5.88. The topological polar surface area (TPSA) is 78.0 Å². The molecule has 0 unspecified atom stereocenters. The van der Waals surface area contributed by atoms with Gasteiger partial charge in [-0.15, -0.1) is 5.10 Å². The largest absolute Gasteiger partial charge is 0.496 e. The number of nitrogen functional groups attached to an aromatic ring is 1. The van der Waals surface area contributed by atoms with Gasteiger partial charge in [0.25, 0.3) is 0 Å². The molecule has 0 saturated heterocycles. The number of hydrogen-bond donors (Lipinski definition) is 2. The molecule has 2 heterocycles. The summed E-state index contributed by atoms with van der Waals surface area (Å²) in [5, 5.41) is 7.88. The first-order chi connectivity index (χ1) is 12.7. The quantitative estimate of drug-likeness (QED) is 0.753. The van der Waals surface area contributed by atoms with Crippen LogP contribution in [0.4, 0.5) is 11.9 Å². The molecule has 2 aromatic carbocycles. The third kappa shape index (κ3) is 2.87. The third-order valence-corrected chi connectivity index (χ3v) is 4.99. The lowest BCUT2D eigenvalue weighted by Crippen LogP contribution is -2.28. The molecule has 1 aliphatic rings. The van der Waals surface area contributed by atoms with Crippen LogP contribution in [0.2, 0.25) is 0 Å². The number of methoxy groups -OCH3 is 1. The Labute approximate surface area is 153 Å². The van der Waals surface area contributed by atoms with Gasteiger partial charge in [0.2, 0.25) is 11.9 Å². The number of para-hydroxylation sites is 1. The van der Waals surface area contributed by atoms with Crippen molar-refractivity contribution in [1.29, 1.82) is 0 Å². The third-order valence-electron chi connectivity index (χ3n) is 4.99. The molecule has 6 heteroatoms. The second kappa shape index (κ2) is 6.71. The number of aromatic nitrogens is 3. The van der Waals surface area contributed by atoms with Gasteiger partial charge >= 0.3 is 0 Å². The Morgan fingerprint density at radius 3 is 2.69 bits per heavy atom. The number of fused-ring (bicyclic) bond motifs is 1. The zero-order valence-corrected chi connectivity index (χ0v) is 15.0. The zero-order chi connectivity index (χ0) is 18.1. The first-order valence-corrected chi connectivity index (χ1v) is 8.90. The molecule has 2 atom stereocenters. The Hall–Kier alpha value is -3.02. The average Bonchev–Trinajstić information content (AvgIpc) is 3.07. The summed E-state index contributed by atoms with van der Waals surface area (Å²) in [5.41, 5.74) is 9.52. The molecule has 0 radical (unpaired) electrons. The highest BCUT2D eigenvalue weighted by atomic mass is 16.5. The number of nitrogens with two attached hydrogens (primary N) is 1. The summed E-state index contributed by atoms with van der Waals surface area (Å²) in [4.78, 5) is 4.37. The van der Waals surface area contributed by atoms with Crippen LogP contribution in [-0.2, 0) is 6.42 Å². The average molecular weight is 349 g/mol. The number of benzene rings is 2. The zero-order valence-electron chi connectivity index (χ0n) is 15.0. The summed E-state index contributed by atoms with van der Waals surface area (Å²) in [6.07, 6.45) is 1.87. The minimum absolute atomic E-state index is 0.00283. The van der Waals surface area contributed by atoms with Crippen molar-refractivity contribution < 1.29 is 4.74 Å². The van der Waals surface area contributed by atoms with Gasteiger partial charge < -0.3 is 15.8 Å². The molecule has 3 N–H and O–H groups in total. The molecule has 0 bridgehead atoms. The SMILES string of the molecule is CCc1ccc([C@H]2C[C@@H](c3ccccc3OC)n3nc(N)nc3N2)cc1. The highest BCUT2D eigenvalue weighted by molar-refractivity contribution is 5.45. The van der Waals surface area contributed by atoms with E-state index in [2.05, 4.69) is 52.7 Å². The maximum Gasteiger partial charge on any atom is 0.241 e. The van der Waals surface area contributed by atoms with Crippen LogP contribution < -0.4 is 15.8 Å². The predicted molar refractivity (Wildman–Crippen MR) is 102 cm³/mol. The summed E-state index contributed by atoms with van der Waals surface area (Å²) < 4.78 is 7.44. The number of rotatable bonds is 4. The van der Waals surface area contributed by atoms with Crippen molar-refractivity contribution in [2.45, 2.75) is 31.8 Å². The molecule has 0 amide bonds. The van der Waals surface area contributed by atoms with Crippen molar-refractivity contribution in [3.05, 3.63) is 65.2 Å². The molecule has 4 rings (SSSR count). The lowest BCUT2D eigenvalue weighted by molar-refractivity contribution is 0.380. The molecule has 6 nitrogen and oxygen atoms in total. The van der Waals surface area contributed by atoms with Gasteiger partial charge in [-0.2, -0.15) is 4.98 Å². The number of aryl methyl sites for hydroxylation is 1. The fourth-order valence-corrected chi connectivity index (χ4v) is 3.60. The van der Waals surface area contributed by atoms with E-state index in [1.54, 1.807) is 7.11 Å². The van der Waals surface area contributed by atoms with Gasteiger partial charge in [0.05, 0.1) is 19.2 Å². The summed E-state index contributed by atoms with van der Waals surface area (Å²) in [7, 11) is 1.69. The monoisotopic (exact) mass is 349 g/mol. The molecule has 1 aromatic heterocycles. The minimum Gasteiger partial charge on any atom is -0.496 e. The normalized spacial score (nSPS) is 18.8. The van der Waals surface area contributed by atoms with Crippen LogP contribution in [0.1, 0.15) is 42.1 Å². The second-order valence-electron chi connectivity index (χ2n) is 6.52. The van der Waals surface area contributed by atoms with E-state index in [0.29, 0.717) is 5.95 Å². The number of ether oxygens (including phenoxy) is 1. The number of nitrogens with one attached hydrogen (secondary N) is 1. The van der Waals surface area contributed by atoms with Gasteiger partial charge in [-0.1, -0.05) is 49.4 Å². The van der Waals surface area contributed by atoms with Gasteiger partial charge in [-0.25, -0.2) is 4.68 Å². The molecular formula is C20H23N5O. The Bertz CT molecular complexity index is 903. The van der Waals surface area contributed by atoms with E-state index in [0.717, 1.165) is 24.2 Å². The molecule has 0 spiro atoms. The van der Waals surface area contributed by atoms with Crippen LogP contribution in [-0.4, -0.2) is 21.9 Å². The van der Waals surface area contributed by atoms with Crippen molar-refractivity contribution in [3.63, 3.8) is 0 Å². The van der Waals surface area contributed by atoms with Crippen LogP contribution >= 0.6 is 0 Å². The molecule has 1 aliphatic heterocycles. The van der Waals surface area contributed by atoms with Crippen LogP contribution in [0.15, 0.2) is 48.5 Å². The Balaban J connectivity index is 1.75. The van der Waals surface area contributed by atoms with Crippen LogP contribution in [0, 0.1) is 0 Å². The fraction of sp³-hybridized carbons (Fsp3) is 0.300. The standard InChI is InChI=1S/C20H23N5O/c1-3-13-8-10-14(11-9-13)16-12-17(15-6-4-5-7-18(15)26-2)25-20(22-16)23-19(21)24-25/h4-11,16-17H,3,12H2,1-2H3,(H3,21,22,23,24)/t16-,17+/m1/s1. The van der Waals surface area contributed by atoms with E-state index >= 15 is 0 Å². The highest BCUT2D eigenvalue weighted by Crippen LogP contribution is 2.40. The fourth-order valence-electron chi connectivity index (χ4n) is 3.60. The number of hydrogen-bond acceptors (Lipinski definition) is 5. The first-order valence-electron chi connectivity index (χ1n) is 8.90. The van der Waals surface area contributed by atoms with E-state index < -0.39 is 0 Å². The Kier molecular flexibility index (Phi) is 4.24. The second-order valence-corrected chi connectivity index (χ2v) is 6.52. The molecular weight excluding hydrogens is 326 g/mol. The Morgan fingerprint density at radius 1 is 1.19 bits per heavy atom. The number of anilines is 2. The van der Waals surface area contributed by atoms with E-state index in [-0.39, 0.29) is 18.0 Å². The van der Waals surface area contributed by atoms with Crippen molar-refractivity contribution in [1.82, 2.24) is 14.8 Å². The lowest BCUT2D eigenvalue weighted by Gasteiger charge is -2.32. The molecule has 3 aromatic rings. The van der Waals surface area contributed by atoms with Gasteiger partial charge in [0.1, 0.15) is 5.75 Å². The van der Waals surface area contributed by atoms with Crippen molar-refractivity contribution in [3.8, 4) is 5.75 Å². The van der Waals surface area contributed by atoms with E-state index in [1.807, 2.05) is 22.9 Å². The Morgan fingerprint density at radius 2 is 1.96 bits per heavy atom. The van der Waals surface area contributed by atoms with Crippen molar-refractivity contribution in [2.75, 3.05) is 18.2 Å². The van der Waals surface area contributed by atoms with Crippen molar-refractivity contribution >= 4 is 11.9 Å². The molecule has 0 aliphatic carbocycles. The van der Waals surface area contributed by atoms with E-state index in [1.165, 1.54) is 11.1 Å². The first kappa shape index (κ1) is 16.4. The molecule has 26 heavy (non-hydrogen) atoms. The molecule has 0 fully saturated rings. The van der Waals surface area contributed by atoms with Gasteiger partial charge in [0.15, 0.2) is 0 Å². The summed E-state index contributed by atoms with van der Waals surface area (Å²) in [6, 6.07) is 16.9. The lowest BCUT2D eigenvalue weighted by atomic mass is 9.92. The minimum atomic E-state index is 0.00283. The van der Waals surface area contributed by atoms with E-state index in [4.69, 9.17) is 10.5 Å². The van der Waals surface area contributed by atoms with Crippen LogP contribution in [0.5, 0.6) is 5.75 Å². The molecule has 134 valence electrons. The smallest absolute Gasteiger partial charge is 0.241 e. The van der Waals surface area contributed by atoms with Gasteiger partial charge in [-0.05, 0) is 30.0 Å². The predicted octanol–water partition coefficient (Wildman–Crippen LogP) is 3.58. The summed E-state index contributed by atoms with van der Waals surface area (Å²) >= 11 is 0.